The Morgan fingerprint density at radius 1 is 1.06 bits per heavy atom. The smallest absolute Gasteiger partial charge is 0.432 e. The highest BCUT2D eigenvalue weighted by Crippen LogP contribution is 2.04. The van der Waals surface area contributed by atoms with E-state index in [-0.39, 0.29) is 12.1 Å². The summed E-state index contributed by atoms with van der Waals surface area (Å²) in [6.07, 6.45) is 4.87. The third kappa shape index (κ3) is 13.1. The molecule has 0 aliphatic rings. The molecule has 0 fully saturated rings. The number of hydrogen-bond donors (Lipinski definition) is 6. The molecule has 1 heterocycles. The molecular weight excluding hydrogens is 419 g/mol. The summed E-state index contributed by atoms with van der Waals surface area (Å²) in [6, 6.07) is 7.40. The van der Waals surface area contributed by atoms with Gasteiger partial charge in [-0.3, -0.25) is 14.6 Å². The van der Waals surface area contributed by atoms with Crippen LogP contribution in [0.25, 0.3) is 0 Å². The van der Waals surface area contributed by atoms with Crippen molar-refractivity contribution < 1.29 is 34.6 Å². The van der Waals surface area contributed by atoms with Crippen molar-refractivity contribution in [1.29, 1.82) is 0 Å². The van der Waals surface area contributed by atoms with Crippen LogP contribution in [0.4, 0.5) is 0 Å². The van der Waals surface area contributed by atoms with Crippen molar-refractivity contribution in [2.45, 2.75) is 38.8 Å². The monoisotopic (exact) mass is 448 g/mol. The molecular formula is C20H29BN4O7. The number of rotatable bonds is 8. The second kappa shape index (κ2) is 16.4. The molecule has 0 spiro atoms. The Kier molecular flexibility index (Phi) is 14.7. The molecule has 11 nitrogen and oxygen atoms in total. The number of carbonyl (C=O) groups is 3. The maximum atomic E-state index is 11.9. The number of aromatic nitrogens is 2. The third-order valence-corrected chi connectivity index (χ3v) is 3.72. The summed E-state index contributed by atoms with van der Waals surface area (Å²) >= 11 is 0. The van der Waals surface area contributed by atoms with Crippen molar-refractivity contribution in [3.8, 4) is 0 Å². The minimum absolute atomic E-state index is 0.0896. The molecule has 174 valence electrons. The first-order chi connectivity index (χ1) is 15.1. The van der Waals surface area contributed by atoms with Gasteiger partial charge in [0.25, 0.3) is 5.91 Å². The number of nitrogens with one attached hydrogen (secondary N) is 1. The molecule has 1 aromatic heterocycles. The lowest BCUT2D eigenvalue weighted by atomic mass is 10.1. The number of carboxylic acid groups (broad SMARTS) is 2. The van der Waals surface area contributed by atoms with Crippen molar-refractivity contribution >= 4 is 25.5 Å². The fourth-order valence-corrected chi connectivity index (χ4v) is 2.31. The van der Waals surface area contributed by atoms with Crippen LogP contribution < -0.4 is 11.1 Å². The van der Waals surface area contributed by atoms with E-state index in [9.17, 15) is 19.5 Å². The molecule has 1 amide bonds. The minimum Gasteiger partial charge on any atom is -0.480 e. The summed E-state index contributed by atoms with van der Waals surface area (Å²) in [5.74, 6) is -2.20. The third-order valence-electron chi connectivity index (χ3n) is 3.72. The lowest BCUT2D eigenvalue weighted by Gasteiger charge is -2.14. The standard InChI is InChI=1S/C14H13N3O3.C6H13NO2.BH3O2/c18-13(12-9-15-6-7-16-12)17-11(14(19)20)8-10-4-2-1-3-5-10;1-4(2)3-5(7)6(8)9;2-1-3/h1-7,9,11H,8H2,(H,17,18)(H,19,20);4-5H,3,7H2,1-2H3,(H,8,9);1-3H. The van der Waals surface area contributed by atoms with Crippen molar-refractivity contribution in [1.82, 2.24) is 15.3 Å². The molecule has 2 unspecified atom stereocenters. The van der Waals surface area contributed by atoms with Gasteiger partial charge in [0.1, 0.15) is 17.8 Å². The summed E-state index contributed by atoms with van der Waals surface area (Å²) in [7, 11) is -0.750. The average Bonchev–Trinajstić information content (AvgIpc) is 2.75. The van der Waals surface area contributed by atoms with Crippen LogP contribution in [-0.2, 0) is 16.0 Å². The van der Waals surface area contributed by atoms with Gasteiger partial charge in [0.15, 0.2) is 0 Å². The SMILES string of the molecule is CC(C)CC(N)C(=O)O.O=C(NC(Cc1ccccc1)C(=O)O)c1cnccn1.OBO. The summed E-state index contributed by atoms with van der Waals surface area (Å²) in [5.41, 5.74) is 6.14. The van der Waals surface area contributed by atoms with Gasteiger partial charge in [-0.25, -0.2) is 9.78 Å². The Labute approximate surface area is 186 Å². The molecule has 7 N–H and O–H groups in total. The molecule has 32 heavy (non-hydrogen) atoms. The average molecular weight is 448 g/mol. The molecule has 2 aromatic rings. The summed E-state index contributed by atoms with van der Waals surface area (Å²) in [4.78, 5) is 40.8. The molecule has 0 saturated heterocycles. The number of carbonyl (C=O) groups excluding carboxylic acids is 1. The van der Waals surface area contributed by atoms with Gasteiger partial charge in [-0.1, -0.05) is 44.2 Å². The Balaban J connectivity index is 0.000000672. The van der Waals surface area contributed by atoms with E-state index in [1.165, 1.54) is 18.6 Å². The maximum Gasteiger partial charge on any atom is 0.432 e. The molecule has 0 aliphatic heterocycles. The van der Waals surface area contributed by atoms with E-state index in [1.807, 2.05) is 44.2 Å². The Bertz CT molecular complexity index is 810. The van der Waals surface area contributed by atoms with E-state index < -0.39 is 37.6 Å². The second-order valence-corrected chi connectivity index (χ2v) is 6.86. The number of carboxylic acids is 2. The Morgan fingerprint density at radius 3 is 2.06 bits per heavy atom. The lowest BCUT2D eigenvalue weighted by Crippen LogP contribution is -2.42. The zero-order valence-electron chi connectivity index (χ0n) is 18.0. The van der Waals surface area contributed by atoms with E-state index >= 15 is 0 Å². The molecule has 0 bridgehead atoms. The first-order valence-corrected chi connectivity index (χ1v) is 9.66. The molecule has 12 heteroatoms. The van der Waals surface area contributed by atoms with Crippen LogP contribution in [0.1, 0.15) is 36.3 Å². The zero-order valence-corrected chi connectivity index (χ0v) is 18.0. The number of hydrogen-bond acceptors (Lipinski definition) is 8. The van der Waals surface area contributed by atoms with Crippen LogP contribution in [0, 0.1) is 5.92 Å². The fraction of sp³-hybridized carbons (Fsp3) is 0.350. The quantitative estimate of drug-likeness (QED) is 0.289. The highest BCUT2D eigenvalue weighted by atomic mass is 16.4. The minimum atomic E-state index is -1.09. The molecule has 0 radical (unpaired) electrons. The first-order valence-electron chi connectivity index (χ1n) is 9.66. The fourth-order valence-electron chi connectivity index (χ4n) is 2.31. The summed E-state index contributed by atoms with van der Waals surface area (Å²) in [5, 5.41) is 34.2. The van der Waals surface area contributed by atoms with Crippen LogP contribution in [0.3, 0.4) is 0 Å². The predicted molar refractivity (Wildman–Crippen MR) is 118 cm³/mol. The van der Waals surface area contributed by atoms with Crippen LogP contribution in [0.5, 0.6) is 0 Å². The highest BCUT2D eigenvalue weighted by Gasteiger charge is 2.21. The van der Waals surface area contributed by atoms with E-state index in [2.05, 4.69) is 15.3 Å². The van der Waals surface area contributed by atoms with Gasteiger partial charge in [0.2, 0.25) is 0 Å². The van der Waals surface area contributed by atoms with Gasteiger partial charge in [0, 0.05) is 18.8 Å². The van der Waals surface area contributed by atoms with Crippen LogP contribution >= 0.6 is 0 Å². The number of aliphatic carboxylic acids is 2. The Morgan fingerprint density at radius 2 is 1.66 bits per heavy atom. The molecule has 2 atom stereocenters. The molecule has 0 aliphatic carbocycles. The van der Waals surface area contributed by atoms with Gasteiger partial charge >= 0.3 is 19.6 Å². The van der Waals surface area contributed by atoms with E-state index in [1.54, 1.807) is 0 Å². The van der Waals surface area contributed by atoms with Crippen LogP contribution in [-0.4, -0.2) is 67.8 Å². The number of nitrogens with zero attached hydrogens (tertiary/aromatic N) is 2. The van der Waals surface area contributed by atoms with Crippen molar-refractivity contribution in [2.24, 2.45) is 11.7 Å². The largest absolute Gasteiger partial charge is 0.480 e. The normalized spacial score (nSPS) is 11.6. The predicted octanol–water partition coefficient (Wildman–Crippen LogP) is -0.416. The van der Waals surface area contributed by atoms with E-state index in [0.717, 1.165) is 5.56 Å². The topological polar surface area (TPSA) is 196 Å². The maximum absolute atomic E-state index is 11.9. The summed E-state index contributed by atoms with van der Waals surface area (Å²) < 4.78 is 0. The van der Waals surface area contributed by atoms with Gasteiger partial charge in [-0.15, -0.1) is 0 Å². The van der Waals surface area contributed by atoms with Gasteiger partial charge in [-0.05, 0) is 17.9 Å². The second-order valence-electron chi connectivity index (χ2n) is 6.86. The van der Waals surface area contributed by atoms with Gasteiger partial charge < -0.3 is 31.3 Å². The highest BCUT2D eigenvalue weighted by molar-refractivity contribution is 6.13. The van der Waals surface area contributed by atoms with Gasteiger partial charge in [0.05, 0.1) is 6.20 Å². The van der Waals surface area contributed by atoms with Crippen molar-refractivity contribution in [3.05, 3.63) is 60.2 Å². The van der Waals surface area contributed by atoms with Crippen molar-refractivity contribution in [3.63, 3.8) is 0 Å². The number of amides is 1. The van der Waals surface area contributed by atoms with E-state index in [0.29, 0.717) is 12.3 Å². The van der Waals surface area contributed by atoms with Gasteiger partial charge in [-0.2, -0.15) is 0 Å². The van der Waals surface area contributed by atoms with Crippen LogP contribution in [0.2, 0.25) is 0 Å². The molecule has 1 aromatic carbocycles. The van der Waals surface area contributed by atoms with Crippen molar-refractivity contribution in [2.75, 3.05) is 0 Å². The molecule has 0 saturated carbocycles. The number of benzene rings is 1. The molecule has 2 rings (SSSR count). The lowest BCUT2D eigenvalue weighted by molar-refractivity contribution is -0.140. The van der Waals surface area contributed by atoms with Crippen LogP contribution in [0.15, 0.2) is 48.9 Å². The zero-order chi connectivity index (χ0) is 24.5. The number of nitrogens with two attached hydrogens (primary N) is 1. The summed E-state index contributed by atoms with van der Waals surface area (Å²) in [6.45, 7) is 3.89. The van der Waals surface area contributed by atoms with E-state index in [4.69, 9.17) is 20.9 Å². The Hall–Kier alpha value is -3.35. The first kappa shape index (κ1) is 28.7.